The van der Waals surface area contributed by atoms with Gasteiger partial charge in [-0.1, -0.05) is 19.3 Å². The Hall–Kier alpha value is -1.11. The van der Waals surface area contributed by atoms with Gasteiger partial charge in [0.05, 0.1) is 5.92 Å². The summed E-state index contributed by atoms with van der Waals surface area (Å²) in [5.41, 5.74) is 4.77. The highest BCUT2D eigenvalue weighted by molar-refractivity contribution is 7.12. The van der Waals surface area contributed by atoms with Crippen molar-refractivity contribution in [2.75, 3.05) is 0 Å². The standard InChI is InChI=1S/C15H19F3N2OS/c16-15(17,18)10-5-2-1-4-9(10)11-8-20-13(22-11)14(12(19)21)6-3-7-14/h8-10H,1-7H2,(H2,19,21)/t9-,10-/m1/s1. The molecule has 0 spiro atoms. The molecule has 0 saturated heterocycles. The van der Waals surface area contributed by atoms with E-state index in [0.717, 1.165) is 12.8 Å². The maximum atomic E-state index is 13.2. The van der Waals surface area contributed by atoms with Crippen molar-refractivity contribution < 1.29 is 18.0 Å². The molecule has 0 aliphatic heterocycles. The second-order valence-corrected chi connectivity index (χ2v) is 7.47. The number of thiazole rings is 1. The third-order valence-corrected chi connectivity index (χ3v) is 6.50. The third kappa shape index (κ3) is 2.53. The number of nitrogens with two attached hydrogens (primary N) is 1. The van der Waals surface area contributed by atoms with Crippen LogP contribution in [-0.2, 0) is 10.2 Å². The summed E-state index contributed by atoms with van der Waals surface area (Å²) in [5.74, 6) is -2.22. The van der Waals surface area contributed by atoms with Gasteiger partial charge >= 0.3 is 6.18 Å². The molecule has 2 fully saturated rings. The molecular formula is C15H19F3N2OS. The minimum Gasteiger partial charge on any atom is -0.369 e. The van der Waals surface area contributed by atoms with Crippen molar-refractivity contribution in [3.8, 4) is 0 Å². The van der Waals surface area contributed by atoms with Crippen molar-refractivity contribution in [1.82, 2.24) is 4.98 Å². The zero-order chi connectivity index (χ0) is 16.0. The second-order valence-electron chi connectivity index (χ2n) is 6.41. The Morgan fingerprint density at radius 3 is 2.50 bits per heavy atom. The lowest BCUT2D eigenvalue weighted by Gasteiger charge is -2.37. The first-order chi connectivity index (χ1) is 10.3. The Labute approximate surface area is 131 Å². The Morgan fingerprint density at radius 1 is 1.27 bits per heavy atom. The summed E-state index contributed by atoms with van der Waals surface area (Å²) in [6, 6.07) is 0. The first kappa shape index (κ1) is 15.8. The van der Waals surface area contributed by atoms with E-state index in [9.17, 15) is 18.0 Å². The number of carbonyl (C=O) groups is 1. The highest BCUT2D eigenvalue weighted by Crippen LogP contribution is 2.50. The largest absolute Gasteiger partial charge is 0.392 e. The molecule has 2 saturated carbocycles. The number of carbonyl (C=O) groups excluding carboxylic acids is 1. The van der Waals surface area contributed by atoms with Gasteiger partial charge in [0, 0.05) is 17.0 Å². The maximum Gasteiger partial charge on any atom is 0.392 e. The topological polar surface area (TPSA) is 56.0 Å². The summed E-state index contributed by atoms with van der Waals surface area (Å²) >= 11 is 1.26. The van der Waals surface area contributed by atoms with Gasteiger partial charge in [0.1, 0.15) is 10.4 Å². The summed E-state index contributed by atoms with van der Waals surface area (Å²) in [7, 11) is 0. The molecule has 0 aromatic carbocycles. The Balaban J connectivity index is 1.88. The van der Waals surface area contributed by atoms with Crippen LogP contribution in [0.3, 0.4) is 0 Å². The van der Waals surface area contributed by atoms with Crippen molar-refractivity contribution in [3.63, 3.8) is 0 Å². The molecule has 3 rings (SSSR count). The van der Waals surface area contributed by atoms with Crippen LogP contribution in [0.4, 0.5) is 13.2 Å². The SMILES string of the molecule is NC(=O)C1(c2ncc([C@@H]3CCCC[C@H]3C(F)(F)F)s2)CCC1. The minimum atomic E-state index is -4.17. The van der Waals surface area contributed by atoms with Crippen molar-refractivity contribution in [1.29, 1.82) is 0 Å². The molecule has 0 bridgehead atoms. The quantitative estimate of drug-likeness (QED) is 0.913. The minimum absolute atomic E-state index is 0.183. The Bertz CT molecular complexity index is 565. The average molecular weight is 332 g/mol. The maximum absolute atomic E-state index is 13.2. The Kier molecular flexibility index (Phi) is 3.95. The molecule has 1 heterocycles. The molecule has 122 valence electrons. The van der Waals surface area contributed by atoms with Gasteiger partial charge < -0.3 is 5.73 Å². The molecule has 0 unspecified atom stereocenters. The number of primary amides is 1. The van der Waals surface area contributed by atoms with Crippen molar-refractivity contribution in [2.45, 2.75) is 62.5 Å². The number of halogens is 3. The monoisotopic (exact) mass is 332 g/mol. The lowest BCUT2D eigenvalue weighted by Crippen LogP contribution is -2.46. The van der Waals surface area contributed by atoms with Crippen LogP contribution in [0.15, 0.2) is 6.20 Å². The van der Waals surface area contributed by atoms with Gasteiger partial charge in [-0.05, 0) is 25.7 Å². The summed E-state index contributed by atoms with van der Waals surface area (Å²) in [6.45, 7) is 0. The molecule has 1 aromatic rings. The second kappa shape index (κ2) is 5.51. The fraction of sp³-hybridized carbons (Fsp3) is 0.733. The average Bonchev–Trinajstić information content (AvgIpc) is 2.85. The van der Waals surface area contributed by atoms with Gasteiger partial charge in [-0.25, -0.2) is 4.98 Å². The number of rotatable bonds is 3. The first-order valence-electron chi connectivity index (χ1n) is 7.67. The van der Waals surface area contributed by atoms with Crippen LogP contribution in [0, 0.1) is 5.92 Å². The molecule has 1 amide bonds. The van der Waals surface area contributed by atoms with Gasteiger partial charge in [0.2, 0.25) is 5.91 Å². The van der Waals surface area contributed by atoms with Crippen LogP contribution in [0.2, 0.25) is 0 Å². The van der Waals surface area contributed by atoms with Crippen molar-refractivity contribution >= 4 is 17.2 Å². The van der Waals surface area contributed by atoms with Crippen LogP contribution >= 0.6 is 11.3 Å². The predicted molar refractivity (Wildman–Crippen MR) is 77.6 cm³/mol. The number of hydrogen-bond donors (Lipinski definition) is 1. The molecule has 1 aromatic heterocycles. The van der Waals surface area contributed by atoms with E-state index in [2.05, 4.69) is 4.98 Å². The summed E-state index contributed by atoms with van der Waals surface area (Å²) in [4.78, 5) is 16.7. The lowest BCUT2D eigenvalue weighted by molar-refractivity contribution is -0.187. The molecule has 0 radical (unpaired) electrons. The summed E-state index contributed by atoms with van der Waals surface area (Å²) in [5, 5.41) is 0.604. The van der Waals surface area contributed by atoms with Gasteiger partial charge in [0.25, 0.3) is 0 Å². The Morgan fingerprint density at radius 2 is 1.95 bits per heavy atom. The number of amides is 1. The zero-order valence-corrected chi connectivity index (χ0v) is 13.0. The van der Waals surface area contributed by atoms with Gasteiger partial charge in [-0.15, -0.1) is 11.3 Å². The van der Waals surface area contributed by atoms with Gasteiger partial charge in [-0.2, -0.15) is 13.2 Å². The van der Waals surface area contributed by atoms with Crippen molar-refractivity contribution in [3.05, 3.63) is 16.1 Å². The van der Waals surface area contributed by atoms with Crippen LogP contribution in [-0.4, -0.2) is 17.1 Å². The number of hydrogen-bond acceptors (Lipinski definition) is 3. The molecular weight excluding hydrogens is 313 g/mol. The molecule has 2 N–H and O–H groups in total. The van der Waals surface area contributed by atoms with E-state index in [4.69, 9.17) is 5.73 Å². The van der Waals surface area contributed by atoms with E-state index in [1.807, 2.05) is 0 Å². The fourth-order valence-corrected chi connectivity index (χ4v) is 5.01. The highest BCUT2D eigenvalue weighted by atomic mass is 32.1. The van der Waals surface area contributed by atoms with E-state index < -0.39 is 29.3 Å². The lowest BCUT2D eigenvalue weighted by atomic mass is 9.69. The van der Waals surface area contributed by atoms with Gasteiger partial charge in [0.15, 0.2) is 0 Å². The van der Waals surface area contributed by atoms with Crippen LogP contribution in [0.5, 0.6) is 0 Å². The summed E-state index contributed by atoms with van der Waals surface area (Å²) in [6.07, 6.45) is 1.74. The van der Waals surface area contributed by atoms with Gasteiger partial charge in [-0.3, -0.25) is 4.79 Å². The van der Waals surface area contributed by atoms with E-state index in [0.29, 0.717) is 35.6 Å². The smallest absolute Gasteiger partial charge is 0.369 e. The molecule has 22 heavy (non-hydrogen) atoms. The van der Waals surface area contributed by atoms with Crippen LogP contribution in [0.1, 0.15) is 60.7 Å². The number of alkyl halides is 3. The molecule has 7 heteroatoms. The van der Waals surface area contributed by atoms with Crippen LogP contribution < -0.4 is 5.73 Å². The van der Waals surface area contributed by atoms with Crippen LogP contribution in [0.25, 0.3) is 0 Å². The number of nitrogens with zero attached hydrogens (tertiary/aromatic N) is 1. The molecule has 2 atom stereocenters. The van der Waals surface area contributed by atoms with Crippen molar-refractivity contribution in [2.24, 2.45) is 11.7 Å². The highest BCUT2D eigenvalue weighted by Gasteiger charge is 2.49. The predicted octanol–water partition coefficient (Wildman–Crippen LogP) is 3.89. The zero-order valence-electron chi connectivity index (χ0n) is 12.2. The van der Waals surface area contributed by atoms with E-state index in [-0.39, 0.29) is 6.42 Å². The third-order valence-electron chi connectivity index (χ3n) is 5.16. The summed E-state index contributed by atoms with van der Waals surface area (Å²) < 4.78 is 39.7. The van der Waals surface area contributed by atoms with E-state index >= 15 is 0 Å². The van der Waals surface area contributed by atoms with E-state index in [1.165, 1.54) is 17.5 Å². The molecule has 2 aliphatic rings. The molecule has 2 aliphatic carbocycles. The fourth-order valence-electron chi connectivity index (χ4n) is 3.64. The molecule has 3 nitrogen and oxygen atoms in total. The normalized spacial score (nSPS) is 28.1. The number of aromatic nitrogens is 1. The first-order valence-corrected chi connectivity index (χ1v) is 8.49. The van der Waals surface area contributed by atoms with E-state index in [1.54, 1.807) is 0 Å².